The number of ether oxygens (including phenoxy) is 1. The van der Waals surface area contributed by atoms with Gasteiger partial charge in [-0.05, 0) is 38.8 Å². The van der Waals surface area contributed by atoms with Crippen LogP contribution in [0, 0.1) is 17.6 Å². The molecule has 0 amide bonds. The maximum Gasteiger partial charge on any atom is 0.511 e. The first-order valence-electron chi connectivity index (χ1n) is 9.49. The summed E-state index contributed by atoms with van der Waals surface area (Å²) in [4.78, 5) is 25.3. The molecule has 1 aliphatic heterocycles. The molecule has 1 aromatic carbocycles. The fourth-order valence-electron chi connectivity index (χ4n) is 4.10. The van der Waals surface area contributed by atoms with Gasteiger partial charge in [0.15, 0.2) is 17.4 Å². The summed E-state index contributed by atoms with van der Waals surface area (Å²) >= 11 is 0. The summed E-state index contributed by atoms with van der Waals surface area (Å²) < 4.78 is 36.8. The van der Waals surface area contributed by atoms with Crippen LogP contribution in [-0.2, 0) is 0 Å². The number of halogens is 2. The van der Waals surface area contributed by atoms with Crippen LogP contribution in [0.5, 0.6) is 5.75 Å². The molecule has 2 aliphatic rings. The average Bonchev–Trinajstić information content (AvgIpc) is 3.41. The van der Waals surface area contributed by atoms with E-state index in [9.17, 15) is 9.59 Å². The van der Waals surface area contributed by atoms with E-state index >= 15 is 8.78 Å². The molecule has 2 fully saturated rings. The number of fused-ring (bicyclic) bond motifs is 1. The lowest BCUT2D eigenvalue weighted by Crippen LogP contribution is -2.27. The van der Waals surface area contributed by atoms with Gasteiger partial charge in [-0.25, -0.2) is 13.6 Å². The van der Waals surface area contributed by atoms with E-state index in [0.29, 0.717) is 13.1 Å². The number of pyridine rings is 1. The van der Waals surface area contributed by atoms with Gasteiger partial charge in [-0.1, -0.05) is 0 Å². The fourth-order valence-corrected chi connectivity index (χ4v) is 4.10. The number of aromatic nitrogens is 1. The molecule has 1 aromatic heterocycles. The van der Waals surface area contributed by atoms with Gasteiger partial charge in [-0.2, -0.15) is 0 Å². The molecule has 4 rings (SSSR count). The maximum absolute atomic E-state index is 15.6. The second kappa shape index (κ2) is 7.18. The second-order valence-electron chi connectivity index (χ2n) is 7.60. The number of nitrogen functional groups attached to an aromatic ring is 1. The maximum atomic E-state index is 15.6. The van der Waals surface area contributed by atoms with Gasteiger partial charge in [0.25, 0.3) is 0 Å². The Labute approximate surface area is 164 Å². The van der Waals surface area contributed by atoms with Crippen molar-refractivity contribution in [1.29, 1.82) is 0 Å². The topological polar surface area (TPSA) is 110 Å². The molecule has 156 valence electrons. The molecule has 0 spiro atoms. The summed E-state index contributed by atoms with van der Waals surface area (Å²) in [6.45, 7) is 1.66. The first kappa shape index (κ1) is 19.4. The minimum atomic E-state index is -1.69. The highest BCUT2D eigenvalue weighted by molar-refractivity contribution is 5.96. The van der Waals surface area contributed by atoms with Gasteiger partial charge in [0, 0.05) is 19.1 Å². The number of hydrogen-bond donors (Lipinski definition) is 3. The van der Waals surface area contributed by atoms with E-state index in [1.54, 1.807) is 4.90 Å². The zero-order valence-electron chi connectivity index (χ0n) is 15.9. The lowest BCUT2D eigenvalue weighted by molar-refractivity contribution is 0.143. The molecule has 29 heavy (non-hydrogen) atoms. The Morgan fingerprint density at radius 1 is 1.34 bits per heavy atom. The third-order valence-electron chi connectivity index (χ3n) is 5.56. The van der Waals surface area contributed by atoms with Crippen LogP contribution in [0.2, 0.25) is 0 Å². The first-order chi connectivity index (χ1) is 13.8. The monoisotopic (exact) mass is 408 g/mol. The van der Waals surface area contributed by atoms with Gasteiger partial charge in [0.2, 0.25) is 5.43 Å². The minimum Gasteiger partial charge on any atom is -0.449 e. The number of anilines is 2. The SMILES string of the molecule is CNCC1CCN(c2c(F)c(N)c3c(=O)c(OC(=O)O)cn(C4CC4)c3c2F)C1. The molecule has 1 aliphatic carbocycles. The minimum absolute atomic E-state index is 0.110. The van der Waals surface area contributed by atoms with Crippen LogP contribution in [0.3, 0.4) is 0 Å². The van der Waals surface area contributed by atoms with E-state index in [1.807, 2.05) is 7.05 Å². The van der Waals surface area contributed by atoms with E-state index in [1.165, 1.54) is 10.8 Å². The highest BCUT2D eigenvalue weighted by Crippen LogP contribution is 2.43. The largest absolute Gasteiger partial charge is 0.511 e. The van der Waals surface area contributed by atoms with Gasteiger partial charge < -0.3 is 30.4 Å². The van der Waals surface area contributed by atoms with Crippen molar-refractivity contribution in [2.24, 2.45) is 5.92 Å². The standard InChI is InChI=1S/C19H22F2N4O4/c1-23-6-9-4-5-24(7-9)17-13(20)15(22)12-16(14(17)21)25(10-2-3-10)8-11(18(12)26)29-19(27)28/h8-10,23H,2-7,22H2,1H3,(H,27,28). The molecule has 4 N–H and O–H groups in total. The molecule has 8 nitrogen and oxygen atoms in total. The van der Waals surface area contributed by atoms with Gasteiger partial charge in [0.05, 0.1) is 22.8 Å². The third kappa shape index (κ3) is 3.27. The Hall–Kier alpha value is -2.88. The molecule has 2 aromatic rings. The van der Waals surface area contributed by atoms with Crippen LogP contribution < -0.4 is 26.1 Å². The number of benzene rings is 1. The molecule has 1 saturated carbocycles. The lowest BCUT2D eigenvalue weighted by Gasteiger charge is -2.23. The summed E-state index contributed by atoms with van der Waals surface area (Å²) in [5, 5.41) is 11.6. The van der Waals surface area contributed by atoms with Crippen molar-refractivity contribution in [3.63, 3.8) is 0 Å². The average molecular weight is 408 g/mol. The molecule has 1 saturated heterocycles. The zero-order valence-corrected chi connectivity index (χ0v) is 15.9. The van der Waals surface area contributed by atoms with Crippen molar-refractivity contribution >= 4 is 28.4 Å². The molecule has 1 atom stereocenters. The Bertz CT molecular complexity index is 1050. The number of nitrogens with one attached hydrogen (secondary N) is 1. The molecule has 1 unspecified atom stereocenters. The summed E-state index contributed by atoms with van der Waals surface area (Å²) in [5.74, 6) is -2.15. The van der Waals surface area contributed by atoms with Crippen molar-refractivity contribution in [3.8, 4) is 5.75 Å². The van der Waals surface area contributed by atoms with Gasteiger partial charge in [-0.15, -0.1) is 0 Å². The van der Waals surface area contributed by atoms with Crippen LogP contribution in [0.4, 0.5) is 25.0 Å². The molecule has 0 bridgehead atoms. The van der Waals surface area contributed by atoms with Gasteiger partial charge >= 0.3 is 6.16 Å². The predicted octanol–water partition coefficient (Wildman–Crippen LogP) is 2.30. The van der Waals surface area contributed by atoms with Gasteiger partial charge in [0.1, 0.15) is 5.69 Å². The summed E-state index contributed by atoms with van der Waals surface area (Å²) in [6.07, 6.45) is 1.72. The number of carbonyl (C=O) groups is 1. The summed E-state index contributed by atoms with van der Waals surface area (Å²) in [5.41, 5.74) is 4.15. The molecular weight excluding hydrogens is 386 g/mol. The van der Waals surface area contributed by atoms with E-state index in [0.717, 1.165) is 25.8 Å². The van der Waals surface area contributed by atoms with E-state index in [4.69, 9.17) is 10.8 Å². The number of rotatable bonds is 5. The second-order valence-corrected chi connectivity index (χ2v) is 7.60. The smallest absolute Gasteiger partial charge is 0.449 e. The molecule has 0 radical (unpaired) electrons. The molecular formula is C19H22F2N4O4. The number of nitrogens with zero attached hydrogens (tertiary/aromatic N) is 2. The van der Waals surface area contributed by atoms with Crippen LogP contribution in [0.1, 0.15) is 25.3 Å². The van der Waals surface area contributed by atoms with Crippen LogP contribution >= 0.6 is 0 Å². The Balaban J connectivity index is 1.94. The fraction of sp³-hybridized carbons (Fsp3) is 0.474. The van der Waals surface area contributed by atoms with E-state index < -0.39 is 34.7 Å². The normalized spacial score (nSPS) is 19.1. The summed E-state index contributed by atoms with van der Waals surface area (Å²) in [6, 6.07) is -0.128. The lowest BCUT2D eigenvalue weighted by atomic mass is 10.1. The van der Waals surface area contributed by atoms with Crippen molar-refractivity contribution in [2.45, 2.75) is 25.3 Å². The first-order valence-corrected chi connectivity index (χ1v) is 9.49. The number of nitrogens with two attached hydrogens (primary N) is 1. The van der Waals surface area contributed by atoms with Crippen LogP contribution in [-0.4, -0.2) is 42.5 Å². The quantitative estimate of drug-likeness (QED) is 0.514. The van der Waals surface area contributed by atoms with Crippen molar-refractivity contribution in [1.82, 2.24) is 9.88 Å². The zero-order chi connectivity index (χ0) is 20.9. The Kier molecular flexibility index (Phi) is 4.81. The Morgan fingerprint density at radius 3 is 2.69 bits per heavy atom. The molecule has 10 heteroatoms. The van der Waals surface area contributed by atoms with Crippen molar-refractivity contribution in [2.75, 3.05) is 37.3 Å². The van der Waals surface area contributed by atoms with Crippen molar-refractivity contribution in [3.05, 3.63) is 28.1 Å². The van der Waals surface area contributed by atoms with Gasteiger partial charge in [-0.3, -0.25) is 4.79 Å². The van der Waals surface area contributed by atoms with E-state index in [2.05, 4.69) is 10.1 Å². The number of hydrogen-bond acceptors (Lipinski definition) is 6. The number of carboxylic acid groups (broad SMARTS) is 1. The van der Waals surface area contributed by atoms with Crippen LogP contribution in [0.25, 0.3) is 10.9 Å². The third-order valence-corrected chi connectivity index (χ3v) is 5.56. The highest BCUT2D eigenvalue weighted by Gasteiger charge is 2.34. The van der Waals surface area contributed by atoms with Crippen LogP contribution in [0.15, 0.2) is 11.0 Å². The van der Waals surface area contributed by atoms with Crippen molar-refractivity contribution < 1.29 is 23.4 Å². The van der Waals surface area contributed by atoms with E-state index in [-0.39, 0.29) is 28.6 Å². The highest BCUT2D eigenvalue weighted by atomic mass is 19.1. The predicted molar refractivity (Wildman–Crippen MR) is 104 cm³/mol. The Morgan fingerprint density at radius 2 is 2.07 bits per heavy atom. The summed E-state index contributed by atoms with van der Waals surface area (Å²) in [7, 11) is 1.82. The molecule has 2 heterocycles.